The van der Waals surface area contributed by atoms with Gasteiger partial charge < -0.3 is 5.11 Å². The minimum atomic E-state index is -0.683. The van der Waals surface area contributed by atoms with Crippen molar-refractivity contribution in [2.45, 2.75) is 52.0 Å². The molecule has 1 aliphatic rings. The van der Waals surface area contributed by atoms with Gasteiger partial charge in [0, 0.05) is 12.6 Å². The number of carboxylic acid groups (broad SMARTS) is 1. The molecule has 1 N–H and O–H groups in total. The van der Waals surface area contributed by atoms with Crippen molar-refractivity contribution >= 4 is 5.97 Å². The summed E-state index contributed by atoms with van der Waals surface area (Å²) >= 11 is 0. The van der Waals surface area contributed by atoms with Gasteiger partial charge in [0.15, 0.2) is 0 Å². The fraction of sp³-hybridized carbons (Fsp3) is 0.917. The number of carboxylic acids is 1. The summed E-state index contributed by atoms with van der Waals surface area (Å²) in [5, 5.41) is 8.70. The Bertz CT molecular complexity index is 206. The highest BCUT2D eigenvalue weighted by molar-refractivity contribution is 5.66. The Labute approximate surface area is 92.5 Å². The second-order valence-electron chi connectivity index (χ2n) is 4.60. The summed E-state index contributed by atoms with van der Waals surface area (Å²) in [5.74, 6) is 0.0457. The van der Waals surface area contributed by atoms with Gasteiger partial charge >= 0.3 is 5.97 Å². The van der Waals surface area contributed by atoms with Gasteiger partial charge in [-0.1, -0.05) is 26.7 Å². The second kappa shape index (κ2) is 6.11. The lowest BCUT2D eigenvalue weighted by Gasteiger charge is -2.37. The highest BCUT2D eigenvalue weighted by atomic mass is 16.4. The highest BCUT2D eigenvalue weighted by Gasteiger charge is 2.26. The Morgan fingerprint density at radius 2 is 2.07 bits per heavy atom. The molecule has 1 saturated carbocycles. The van der Waals surface area contributed by atoms with E-state index < -0.39 is 5.97 Å². The molecular weight excluding hydrogens is 190 g/mol. The Morgan fingerprint density at radius 3 is 2.60 bits per heavy atom. The summed E-state index contributed by atoms with van der Waals surface area (Å²) in [6.45, 7) is 6.11. The van der Waals surface area contributed by atoms with Crippen LogP contribution in [0.5, 0.6) is 0 Å². The van der Waals surface area contributed by atoms with Crippen LogP contribution in [0.1, 0.15) is 46.0 Å². The van der Waals surface area contributed by atoms with Crippen LogP contribution in [0.2, 0.25) is 0 Å². The molecule has 0 radical (unpaired) electrons. The van der Waals surface area contributed by atoms with Gasteiger partial charge in [-0.05, 0) is 25.3 Å². The van der Waals surface area contributed by atoms with E-state index in [2.05, 4.69) is 18.7 Å². The fourth-order valence-corrected chi connectivity index (χ4v) is 2.64. The monoisotopic (exact) mass is 213 g/mol. The van der Waals surface area contributed by atoms with E-state index in [9.17, 15) is 4.79 Å². The number of rotatable bonds is 5. The van der Waals surface area contributed by atoms with E-state index in [0.29, 0.717) is 12.6 Å². The predicted molar refractivity (Wildman–Crippen MR) is 60.9 cm³/mol. The normalized spacial score (nSPS) is 26.9. The first-order valence-corrected chi connectivity index (χ1v) is 6.11. The smallest absolute Gasteiger partial charge is 0.304 e. The van der Waals surface area contributed by atoms with Crippen molar-refractivity contribution in [1.29, 1.82) is 0 Å². The highest BCUT2D eigenvalue weighted by Crippen LogP contribution is 2.27. The van der Waals surface area contributed by atoms with Crippen molar-refractivity contribution in [3.8, 4) is 0 Å². The number of hydrogen-bond acceptors (Lipinski definition) is 2. The minimum Gasteiger partial charge on any atom is -0.481 e. The molecule has 88 valence electrons. The minimum absolute atomic E-state index is 0.275. The molecule has 1 aliphatic carbocycles. The Hall–Kier alpha value is -0.570. The maximum atomic E-state index is 10.6. The maximum Gasteiger partial charge on any atom is 0.304 e. The molecule has 0 aromatic carbocycles. The number of hydrogen-bond donors (Lipinski definition) is 1. The van der Waals surface area contributed by atoms with Crippen LogP contribution in [0, 0.1) is 5.92 Å². The van der Waals surface area contributed by atoms with Gasteiger partial charge in [-0.25, -0.2) is 0 Å². The standard InChI is InChI=1S/C12H23NO2/c1-3-13(9-8-12(14)15)11-7-5-4-6-10(11)2/h10-11H,3-9H2,1-2H3,(H,14,15). The van der Waals surface area contributed by atoms with E-state index in [0.717, 1.165) is 12.5 Å². The van der Waals surface area contributed by atoms with E-state index in [1.54, 1.807) is 0 Å². The van der Waals surface area contributed by atoms with Crippen LogP contribution in [0.25, 0.3) is 0 Å². The van der Waals surface area contributed by atoms with Gasteiger partial charge in [0.2, 0.25) is 0 Å². The maximum absolute atomic E-state index is 10.6. The third-order valence-corrected chi connectivity index (χ3v) is 3.55. The molecule has 1 fully saturated rings. The van der Waals surface area contributed by atoms with Crippen LogP contribution in [-0.2, 0) is 4.79 Å². The van der Waals surface area contributed by atoms with Crippen LogP contribution >= 0.6 is 0 Å². The van der Waals surface area contributed by atoms with Crippen LogP contribution in [-0.4, -0.2) is 35.1 Å². The van der Waals surface area contributed by atoms with Gasteiger partial charge in [-0.15, -0.1) is 0 Å². The Kier molecular flexibility index (Phi) is 5.09. The van der Waals surface area contributed by atoms with E-state index in [1.807, 2.05) is 0 Å². The topological polar surface area (TPSA) is 40.5 Å². The molecule has 0 aromatic rings. The van der Waals surface area contributed by atoms with Gasteiger partial charge in [-0.2, -0.15) is 0 Å². The lowest BCUT2D eigenvalue weighted by atomic mass is 9.85. The molecule has 15 heavy (non-hydrogen) atoms. The molecule has 0 aromatic heterocycles. The predicted octanol–water partition coefficient (Wildman–Crippen LogP) is 2.36. The van der Waals surface area contributed by atoms with Crippen molar-refractivity contribution in [1.82, 2.24) is 4.90 Å². The molecule has 0 saturated heterocycles. The third-order valence-electron chi connectivity index (χ3n) is 3.55. The molecule has 2 unspecified atom stereocenters. The molecule has 0 spiro atoms. The van der Waals surface area contributed by atoms with Crippen LogP contribution in [0.3, 0.4) is 0 Å². The molecule has 0 aliphatic heterocycles. The van der Waals surface area contributed by atoms with Crippen molar-refractivity contribution < 1.29 is 9.90 Å². The SMILES string of the molecule is CCN(CCC(=O)O)C1CCCCC1C. The lowest BCUT2D eigenvalue weighted by Crippen LogP contribution is -2.42. The van der Waals surface area contributed by atoms with Crippen molar-refractivity contribution in [2.24, 2.45) is 5.92 Å². The molecule has 0 bridgehead atoms. The average molecular weight is 213 g/mol. The third kappa shape index (κ3) is 3.82. The van der Waals surface area contributed by atoms with Gasteiger partial charge in [0.05, 0.1) is 6.42 Å². The lowest BCUT2D eigenvalue weighted by molar-refractivity contribution is -0.137. The first-order chi connectivity index (χ1) is 7.15. The molecule has 0 amide bonds. The molecule has 3 nitrogen and oxygen atoms in total. The largest absolute Gasteiger partial charge is 0.481 e. The van der Waals surface area contributed by atoms with Crippen LogP contribution in [0.4, 0.5) is 0 Å². The quantitative estimate of drug-likeness (QED) is 0.762. The van der Waals surface area contributed by atoms with Crippen molar-refractivity contribution in [2.75, 3.05) is 13.1 Å². The number of aliphatic carboxylic acids is 1. The molecule has 0 heterocycles. The molecule has 3 heteroatoms. The zero-order valence-electron chi connectivity index (χ0n) is 9.91. The number of nitrogens with zero attached hydrogens (tertiary/aromatic N) is 1. The fourth-order valence-electron chi connectivity index (χ4n) is 2.64. The summed E-state index contributed by atoms with van der Waals surface area (Å²) < 4.78 is 0. The van der Waals surface area contributed by atoms with Gasteiger partial charge in [-0.3, -0.25) is 9.69 Å². The van der Waals surface area contributed by atoms with E-state index >= 15 is 0 Å². The summed E-state index contributed by atoms with van der Waals surface area (Å²) in [7, 11) is 0. The Balaban J connectivity index is 2.44. The summed E-state index contributed by atoms with van der Waals surface area (Å²) in [6.07, 6.45) is 5.46. The van der Waals surface area contributed by atoms with Gasteiger partial charge in [0.1, 0.15) is 0 Å². The zero-order valence-corrected chi connectivity index (χ0v) is 9.91. The Morgan fingerprint density at radius 1 is 1.40 bits per heavy atom. The van der Waals surface area contributed by atoms with E-state index in [4.69, 9.17) is 5.11 Å². The molecular formula is C12H23NO2. The summed E-state index contributed by atoms with van der Waals surface area (Å²) in [4.78, 5) is 12.9. The first-order valence-electron chi connectivity index (χ1n) is 6.11. The van der Waals surface area contributed by atoms with Crippen molar-refractivity contribution in [3.63, 3.8) is 0 Å². The first kappa shape index (κ1) is 12.5. The molecule has 2 atom stereocenters. The van der Waals surface area contributed by atoms with Crippen LogP contribution < -0.4 is 0 Å². The van der Waals surface area contributed by atoms with E-state index in [1.165, 1.54) is 25.7 Å². The van der Waals surface area contributed by atoms with Crippen molar-refractivity contribution in [3.05, 3.63) is 0 Å². The average Bonchev–Trinajstić information content (AvgIpc) is 2.21. The number of carbonyl (C=O) groups is 1. The summed E-state index contributed by atoms with van der Waals surface area (Å²) in [5.41, 5.74) is 0. The van der Waals surface area contributed by atoms with E-state index in [-0.39, 0.29) is 6.42 Å². The van der Waals surface area contributed by atoms with Gasteiger partial charge in [0.25, 0.3) is 0 Å². The summed E-state index contributed by atoms with van der Waals surface area (Å²) in [6, 6.07) is 0.614. The van der Waals surface area contributed by atoms with Crippen LogP contribution in [0.15, 0.2) is 0 Å². The zero-order chi connectivity index (χ0) is 11.3. The molecule has 1 rings (SSSR count). The second-order valence-corrected chi connectivity index (χ2v) is 4.60.